The van der Waals surface area contributed by atoms with Gasteiger partial charge in [-0.15, -0.1) is 0 Å². The van der Waals surface area contributed by atoms with Crippen LogP contribution in [0.2, 0.25) is 0 Å². The molecule has 1 aromatic carbocycles. The third-order valence-corrected chi connectivity index (χ3v) is 4.62. The molecule has 1 aromatic heterocycles. The van der Waals surface area contributed by atoms with Crippen molar-refractivity contribution in [1.29, 1.82) is 0 Å². The Morgan fingerprint density at radius 2 is 2.24 bits per heavy atom. The summed E-state index contributed by atoms with van der Waals surface area (Å²) in [5.74, 6) is 0.733. The van der Waals surface area contributed by atoms with Gasteiger partial charge < -0.3 is 15.0 Å². The Labute approximate surface area is 148 Å². The molecule has 0 spiro atoms. The van der Waals surface area contributed by atoms with Crippen molar-refractivity contribution in [2.75, 3.05) is 18.0 Å². The number of carbonyl (C=O) groups is 1. The van der Waals surface area contributed by atoms with Crippen LogP contribution in [0.5, 0.6) is 5.75 Å². The normalized spacial score (nSPS) is 18.2. The van der Waals surface area contributed by atoms with Gasteiger partial charge >= 0.3 is 0 Å². The number of benzene rings is 1. The zero-order valence-corrected chi connectivity index (χ0v) is 15.1. The van der Waals surface area contributed by atoms with Crippen molar-refractivity contribution in [3.63, 3.8) is 0 Å². The summed E-state index contributed by atoms with van der Waals surface area (Å²) in [5.41, 5.74) is 2.14. The predicted octanol–water partition coefficient (Wildman–Crippen LogP) is 2.28. The second kappa shape index (κ2) is 7.59. The van der Waals surface area contributed by atoms with E-state index in [0.717, 1.165) is 36.5 Å². The lowest BCUT2D eigenvalue weighted by molar-refractivity contribution is -0.128. The van der Waals surface area contributed by atoms with Crippen molar-refractivity contribution in [2.24, 2.45) is 7.05 Å². The maximum absolute atomic E-state index is 12.6. The van der Waals surface area contributed by atoms with Gasteiger partial charge in [0.05, 0.1) is 11.9 Å². The molecule has 134 valence electrons. The number of amides is 1. The monoisotopic (exact) mass is 342 g/mol. The Morgan fingerprint density at radius 1 is 1.44 bits per heavy atom. The Bertz CT molecular complexity index is 728. The van der Waals surface area contributed by atoms with Crippen LogP contribution >= 0.6 is 0 Å². The molecule has 1 saturated heterocycles. The van der Waals surface area contributed by atoms with Gasteiger partial charge in [-0.25, -0.2) is 0 Å². The van der Waals surface area contributed by atoms with Gasteiger partial charge in [0.2, 0.25) is 0 Å². The molecule has 2 unspecified atom stereocenters. The molecule has 2 heterocycles. The topological polar surface area (TPSA) is 59.4 Å². The fraction of sp³-hybridized carbons (Fsp3) is 0.474. The Kier molecular flexibility index (Phi) is 5.26. The molecule has 1 amide bonds. The van der Waals surface area contributed by atoms with Crippen molar-refractivity contribution in [2.45, 2.75) is 38.8 Å². The molecule has 6 nitrogen and oxygen atoms in total. The smallest absolute Gasteiger partial charge is 0.261 e. The highest BCUT2D eigenvalue weighted by Crippen LogP contribution is 2.21. The lowest BCUT2D eigenvalue weighted by atomic mass is 10.2. The number of aromatic nitrogens is 2. The number of ether oxygens (including phenoxy) is 1. The molecule has 3 rings (SSSR count). The van der Waals surface area contributed by atoms with E-state index in [9.17, 15) is 4.79 Å². The highest BCUT2D eigenvalue weighted by Gasteiger charge is 2.28. The van der Waals surface area contributed by atoms with Gasteiger partial charge in [0.15, 0.2) is 6.10 Å². The molecule has 0 saturated carbocycles. The van der Waals surface area contributed by atoms with Crippen LogP contribution in [-0.4, -0.2) is 40.9 Å². The van der Waals surface area contributed by atoms with Gasteiger partial charge in [-0.1, -0.05) is 25.1 Å². The lowest BCUT2D eigenvalue weighted by Crippen LogP contribution is -2.44. The average Bonchev–Trinajstić information content (AvgIpc) is 3.23. The first-order valence-corrected chi connectivity index (χ1v) is 8.83. The molecule has 2 atom stereocenters. The van der Waals surface area contributed by atoms with Crippen LogP contribution in [0.15, 0.2) is 36.7 Å². The van der Waals surface area contributed by atoms with Gasteiger partial charge in [-0.3, -0.25) is 9.48 Å². The maximum Gasteiger partial charge on any atom is 0.261 e. The summed E-state index contributed by atoms with van der Waals surface area (Å²) in [7, 11) is 1.91. The third-order valence-electron chi connectivity index (χ3n) is 4.62. The number of carbonyl (C=O) groups excluding carboxylic acids is 1. The zero-order chi connectivity index (χ0) is 17.8. The number of aryl methyl sites for hydroxylation is 2. The first kappa shape index (κ1) is 17.3. The van der Waals surface area contributed by atoms with Crippen LogP contribution in [-0.2, 0) is 11.8 Å². The molecule has 2 aromatic rings. The van der Waals surface area contributed by atoms with E-state index < -0.39 is 6.10 Å². The summed E-state index contributed by atoms with van der Waals surface area (Å²) in [5, 5.41) is 7.35. The average molecular weight is 342 g/mol. The minimum atomic E-state index is -0.464. The van der Waals surface area contributed by atoms with E-state index >= 15 is 0 Å². The Balaban J connectivity index is 1.56. The molecular formula is C19H26N4O2. The number of anilines is 1. The molecule has 1 N–H and O–H groups in total. The predicted molar refractivity (Wildman–Crippen MR) is 97.9 cm³/mol. The zero-order valence-electron chi connectivity index (χ0n) is 15.1. The molecule has 0 bridgehead atoms. The molecule has 0 aliphatic carbocycles. The minimum absolute atomic E-state index is 0.0382. The van der Waals surface area contributed by atoms with Crippen LogP contribution in [0.1, 0.15) is 25.3 Å². The quantitative estimate of drug-likeness (QED) is 0.875. The summed E-state index contributed by atoms with van der Waals surface area (Å²) in [6.45, 7) is 5.69. The summed E-state index contributed by atoms with van der Waals surface area (Å²) >= 11 is 0. The van der Waals surface area contributed by atoms with Gasteiger partial charge in [0, 0.05) is 32.4 Å². The lowest BCUT2D eigenvalue weighted by Gasteiger charge is -2.21. The van der Waals surface area contributed by atoms with Crippen LogP contribution in [0.3, 0.4) is 0 Å². The largest absolute Gasteiger partial charge is 0.480 e. The number of nitrogens with zero attached hydrogens (tertiary/aromatic N) is 3. The Hall–Kier alpha value is -2.50. The van der Waals surface area contributed by atoms with Gasteiger partial charge in [0.25, 0.3) is 5.91 Å². The second-order valence-corrected chi connectivity index (χ2v) is 6.59. The Morgan fingerprint density at radius 3 is 2.92 bits per heavy atom. The fourth-order valence-electron chi connectivity index (χ4n) is 3.14. The van der Waals surface area contributed by atoms with Crippen molar-refractivity contribution < 1.29 is 9.53 Å². The van der Waals surface area contributed by atoms with E-state index in [-0.39, 0.29) is 11.9 Å². The number of rotatable bonds is 6. The molecule has 25 heavy (non-hydrogen) atoms. The van der Waals surface area contributed by atoms with Crippen LogP contribution in [0, 0.1) is 6.92 Å². The second-order valence-electron chi connectivity index (χ2n) is 6.59. The number of para-hydroxylation sites is 1. The van der Waals surface area contributed by atoms with Crippen molar-refractivity contribution >= 4 is 11.6 Å². The van der Waals surface area contributed by atoms with E-state index in [1.807, 2.05) is 57.6 Å². The summed E-state index contributed by atoms with van der Waals surface area (Å²) in [4.78, 5) is 14.9. The van der Waals surface area contributed by atoms with Gasteiger partial charge in [0.1, 0.15) is 5.75 Å². The molecule has 1 aliphatic heterocycles. The summed E-state index contributed by atoms with van der Waals surface area (Å²) in [6.07, 6.45) is 4.97. The summed E-state index contributed by atoms with van der Waals surface area (Å²) in [6, 6.07) is 7.93. The number of hydrogen-bond acceptors (Lipinski definition) is 4. The van der Waals surface area contributed by atoms with E-state index in [1.165, 1.54) is 0 Å². The standard InChI is InChI=1S/C19H26N4O2/c1-4-17(25-18-8-6-5-7-14(18)2)19(24)21-15-9-10-23(12-15)16-11-20-22(3)13-16/h5-8,11,13,15,17H,4,9-10,12H2,1-3H3,(H,21,24). The van der Waals surface area contributed by atoms with Crippen molar-refractivity contribution in [3.8, 4) is 5.75 Å². The summed E-state index contributed by atoms with van der Waals surface area (Å²) < 4.78 is 7.74. The highest BCUT2D eigenvalue weighted by molar-refractivity contribution is 5.81. The van der Waals surface area contributed by atoms with E-state index in [2.05, 4.69) is 15.3 Å². The molecule has 1 aliphatic rings. The van der Waals surface area contributed by atoms with Crippen molar-refractivity contribution in [3.05, 3.63) is 42.2 Å². The van der Waals surface area contributed by atoms with Crippen molar-refractivity contribution in [1.82, 2.24) is 15.1 Å². The van der Waals surface area contributed by atoms with E-state index in [0.29, 0.717) is 6.42 Å². The molecule has 6 heteroatoms. The molecular weight excluding hydrogens is 316 g/mol. The van der Waals surface area contributed by atoms with E-state index in [1.54, 1.807) is 4.68 Å². The number of nitrogens with one attached hydrogen (secondary N) is 1. The highest BCUT2D eigenvalue weighted by atomic mass is 16.5. The van der Waals surface area contributed by atoms with Crippen LogP contribution in [0.4, 0.5) is 5.69 Å². The fourth-order valence-corrected chi connectivity index (χ4v) is 3.14. The van der Waals surface area contributed by atoms with Crippen LogP contribution in [0.25, 0.3) is 0 Å². The first-order chi connectivity index (χ1) is 12.1. The van der Waals surface area contributed by atoms with E-state index in [4.69, 9.17) is 4.74 Å². The first-order valence-electron chi connectivity index (χ1n) is 8.83. The SMILES string of the molecule is CCC(Oc1ccccc1C)C(=O)NC1CCN(c2cnn(C)c2)C1. The minimum Gasteiger partial charge on any atom is -0.480 e. The van der Waals surface area contributed by atoms with Crippen LogP contribution < -0.4 is 15.0 Å². The van der Waals surface area contributed by atoms with Gasteiger partial charge in [-0.2, -0.15) is 5.10 Å². The maximum atomic E-state index is 12.6. The number of hydrogen-bond donors (Lipinski definition) is 1. The molecule has 1 fully saturated rings. The third kappa shape index (κ3) is 4.13. The molecule has 0 radical (unpaired) electrons. The van der Waals surface area contributed by atoms with Gasteiger partial charge in [-0.05, 0) is 31.4 Å².